The molecule has 0 bridgehead atoms. The average Bonchev–Trinajstić information content (AvgIpc) is 2.61. The molecule has 0 aromatic heterocycles. The van der Waals surface area contributed by atoms with Crippen LogP contribution in [0, 0.1) is 12.3 Å². The summed E-state index contributed by atoms with van der Waals surface area (Å²) >= 11 is 0. The van der Waals surface area contributed by atoms with Crippen molar-refractivity contribution in [3.8, 4) is 12.3 Å². The van der Waals surface area contributed by atoms with E-state index in [0.29, 0.717) is 0 Å². The van der Waals surface area contributed by atoms with Gasteiger partial charge < -0.3 is 15.4 Å². The summed E-state index contributed by atoms with van der Waals surface area (Å²) in [5.41, 5.74) is 0.152. The van der Waals surface area contributed by atoms with Gasteiger partial charge in [0.05, 0.1) is 18.0 Å². The lowest BCUT2D eigenvalue weighted by atomic mass is 10.2. The number of terminal acetylenes is 1. The van der Waals surface area contributed by atoms with Crippen molar-refractivity contribution in [2.75, 3.05) is 33.4 Å². The Bertz CT molecular complexity index is 800. The van der Waals surface area contributed by atoms with Gasteiger partial charge in [-0.05, 0) is 18.2 Å². The fourth-order valence-electron chi connectivity index (χ4n) is 2.31. The van der Waals surface area contributed by atoms with Crippen LogP contribution < -0.4 is 10.6 Å². The molecule has 0 aliphatic carbocycles. The lowest BCUT2D eigenvalue weighted by Gasteiger charge is -2.26. The van der Waals surface area contributed by atoms with E-state index in [1.807, 2.05) is 0 Å². The molecule has 2 rings (SSSR count). The molecule has 1 aliphatic rings. The fourth-order valence-corrected chi connectivity index (χ4v) is 3.75. The fraction of sp³-hybridized carbons (Fsp3) is 0.375. The molecule has 25 heavy (non-hydrogen) atoms. The number of methoxy groups -OCH3 is 1. The topological polar surface area (TPSA) is 105 Å². The van der Waals surface area contributed by atoms with Crippen LogP contribution in [0.5, 0.6) is 0 Å². The monoisotopic (exact) mass is 365 g/mol. The predicted octanol–water partition coefficient (Wildman–Crippen LogP) is -0.815. The maximum Gasteiger partial charge on any atom is 0.252 e. The Labute approximate surface area is 146 Å². The van der Waals surface area contributed by atoms with Gasteiger partial charge in [0.25, 0.3) is 5.91 Å². The van der Waals surface area contributed by atoms with Crippen LogP contribution in [-0.2, 0) is 19.6 Å². The molecule has 2 amide bonds. The highest BCUT2D eigenvalue weighted by Gasteiger charge is 2.29. The first-order valence-electron chi connectivity index (χ1n) is 7.51. The van der Waals surface area contributed by atoms with Gasteiger partial charge in [0.1, 0.15) is 6.04 Å². The summed E-state index contributed by atoms with van der Waals surface area (Å²) < 4.78 is 31.3. The third-order valence-corrected chi connectivity index (χ3v) is 5.42. The molecule has 1 fully saturated rings. The van der Waals surface area contributed by atoms with E-state index in [2.05, 4.69) is 16.6 Å². The van der Waals surface area contributed by atoms with Crippen LogP contribution in [-0.4, -0.2) is 63.9 Å². The molecular formula is C16H19N3O5S. The molecule has 1 atom stereocenters. The van der Waals surface area contributed by atoms with Crippen LogP contribution in [0.4, 0.5) is 0 Å². The first-order valence-corrected chi connectivity index (χ1v) is 8.95. The Morgan fingerprint density at radius 2 is 2.28 bits per heavy atom. The van der Waals surface area contributed by atoms with E-state index in [4.69, 9.17) is 11.2 Å². The number of hydrogen-bond donors (Lipinski definition) is 2. The standard InChI is InChI=1S/C16H19N3O5S/c1-3-13(11-24-2)18-16(21)12-5-4-6-14(9-12)25(22,23)19-8-7-17-15(20)10-19/h1,4-6,9,13H,7-8,10-11H2,2H3,(H,17,20)(H,18,21)/t13-/m0/s1. The van der Waals surface area contributed by atoms with Crippen LogP contribution in [0.2, 0.25) is 0 Å². The molecule has 1 heterocycles. The quantitative estimate of drug-likeness (QED) is 0.641. The Kier molecular flexibility index (Phi) is 6.14. The van der Waals surface area contributed by atoms with Crippen molar-refractivity contribution >= 4 is 21.8 Å². The number of rotatable bonds is 6. The van der Waals surface area contributed by atoms with E-state index in [1.54, 1.807) is 0 Å². The number of sulfonamides is 1. The largest absolute Gasteiger partial charge is 0.382 e. The van der Waals surface area contributed by atoms with Crippen molar-refractivity contribution in [2.45, 2.75) is 10.9 Å². The van der Waals surface area contributed by atoms with Crippen LogP contribution in [0.1, 0.15) is 10.4 Å². The molecule has 134 valence electrons. The average molecular weight is 365 g/mol. The van der Waals surface area contributed by atoms with E-state index in [0.717, 1.165) is 4.31 Å². The maximum absolute atomic E-state index is 12.7. The predicted molar refractivity (Wildman–Crippen MR) is 90.2 cm³/mol. The molecule has 9 heteroatoms. The lowest BCUT2D eigenvalue weighted by Crippen LogP contribution is -2.49. The second-order valence-corrected chi connectivity index (χ2v) is 7.30. The van der Waals surface area contributed by atoms with Gasteiger partial charge >= 0.3 is 0 Å². The third-order valence-electron chi connectivity index (χ3n) is 3.58. The van der Waals surface area contributed by atoms with Crippen molar-refractivity contribution in [3.05, 3.63) is 29.8 Å². The highest BCUT2D eigenvalue weighted by atomic mass is 32.2. The van der Waals surface area contributed by atoms with Gasteiger partial charge in [-0.3, -0.25) is 9.59 Å². The number of benzene rings is 1. The van der Waals surface area contributed by atoms with Crippen molar-refractivity contribution in [1.29, 1.82) is 0 Å². The van der Waals surface area contributed by atoms with E-state index < -0.39 is 22.0 Å². The van der Waals surface area contributed by atoms with Gasteiger partial charge in [-0.15, -0.1) is 6.42 Å². The second kappa shape index (κ2) is 8.11. The molecule has 2 N–H and O–H groups in total. The van der Waals surface area contributed by atoms with Gasteiger partial charge in [0.15, 0.2) is 0 Å². The molecule has 1 aromatic carbocycles. The molecule has 1 aliphatic heterocycles. The molecular weight excluding hydrogens is 346 g/mol. The number of carbonyl (C=O) groups excluding carboxylic acids is 2. The summed E-state index contributed by atoms with van der Waals surface area (Å²) in [6, 6.07) is 4.97. The molecule has 1 aromatic rings. The molecule has 8 nitrogen and oxygen atoms in total. The molecule has 0 radical (unpaired) electrons. The normalized spacial score (nSPS) is 16.6. The van der Waals surface area contributed by atoms with Gasteiger partial charge in [-0.25, -0.2) is 8.42 Å². The molecule has 0 spiro atoms. The molecule has 1 saturated heterocycles. The smallest absolute Gasteiger partial charge is 0.252 e. The first-order chi connectivity index (χ1) is 11.9. The summed E-state index contributed by atoms with van der Waals surface area (Å²) in [7, 11) is -2.41. The van der Waals surface area contributed by atoms with Crippen molar-refractivity contribution in [2.24, 2.45) is 0 Å². The third kappa shape index (κ3) is 4.57. The summed E-state index contributed by atoms with van der Waals surface area (Å²) in [6.45, 7) is 0.325. The number of carbonyl (C=O) groups is 2. The number of nitrogens with zero attached hydrogens (tertiary/aromatic N) is 1. The van der Waals surface area contributed by atoms with Crippen LogP contribution in [0.15, 0.2) is 29.2 Å². The van der Waals surface area contributed by atoms with Gasteiger partial charge in [-0.1, -0.05) is 12.0 Å². The zero-order valence-corrected chi connectivity index (χ0v) is 14.5. The second-order valence-electron chi connectivity index (χ2n) is 5.36. The van der Waals surface area contributed by atoms with Gasteiger partial charge in [-0.2, -0.15) is 4.31 Å². The summed E-state index contributed by atoms with van der Waals surface area (Å²) in [5.74, 6) is 1.51. The minimum absolute atomic E-state index is 0.0566. The summed E-state index contributed by atoms with van der Waals surface area (Å²) in [4.78, 5) is 23.6. The minimum Gasteiger partial charge on any atom is -0.382 e. The number of ether oxygens (including phenoxy) is 1. The van der Waals surface area contributed by atoms with Gasteiger partial charge in [0, 0.05) is 25.8 Å². The Hall–Kier alpha value is -2.41. The Balaban J connectivity index is 2.21. The number of hydrogen-bond acceptors (Lipinski definition) is 5. The number of amides is 2. The highest BCUT2D eigenvalue weighted by Crippen LogP contribution is 2.18. The van der Waals surface area contributed by atoms with Crippen molar-refractivity contribution in [3.63, 3.8) is 0 Å². The van der Waals surface area contributed by atoms with E-state index in [9.17, 15) is 18.0 Å². The van der Waals surface area contributed by atoms with Crippen LogP contribution in [0.3, 0.4) is 0 Å². The molecule has 0 unspecified atom stereocenters. The van der Waals surface area contributed by atoms with Crippen molar-refractivity contribution in [1.82, 2.24) is 14.9 Å². The maximum atomic E-state index is 12.7. The Morgan fingerprint density at radius 3 is 2.92 bits per heavy atom. The highest BCUT2D eigenvalue weighted by molar-refractivity contribution is 7.89. The van der Waals surface area contributed by atoms with E-state index in [1.165, 1.54) is 31.4 Å². The van der Waals surface area contributed by atoms with Crippen LogP contribution >= 0.6 is 0 Å². The minimum atomic E-state index is -3.87. The van der Waals surface area contributed by atoms with Crippen LogP contribution in [0.25, 0.3) is 0 Å². The van der Waals surface area contributed by atoms with Crippen molar-refractivity contribution < 1.29 is 22.7 Å². The molecule has 0 saturated carbocycles. The summed E-state index contributed by atoms with van der Waals surface area (Å²) in [5, 5.41) is 5.14. The first kappa shape index (κ1) is 18.9. The van der Waals surface area contributed by atoms with Gasteiger partial charge in [0.2, 0.25) is 15.9 Å². The zero-order chi connectivity index (χ0) is 18.4. The lowest BCUT2D eigenvalue weighted by molar-refractivity contribution is -0.122. The number of piperazine rings is 1. The number of nitrogens with one attached hydrogen (secondary N) is 2. The Morgan fingerprint density at radius 1 is 1.52 bits per heavy atom. The SMILES string of the molecule is C#C[C@@H](COC)NC(=O)c1cccc(S(=O)(=O)N2CCNC(=O)C2)c1. The van der Waals surface area contributed by atoms with E-state index in [-0.39, 0.29) is 42.6 Å². The zero-order valence-electron chi connectivity index (χ0n) is 13.7. The van der Waals surface area contributed by atoms with E-state index >= 15 is 0 Å². The summed E-state index contributed by atoms with van der Waals surface area (Å²) in [6.07, 6.45) is 5.31.